The number of hydrogen-bond acceptors (Lipinski definition) is 3. The first-order valence-electron chi connectivity index (χ1n) is 5.31. The molecular weight excluding hydrogens is 218 g/mol. The third-order valence-electron chi connectivity index (χ3n) is 2.54. The summed E-state index contributed by atoms with van der Waals surface area (Å²) in [5, 5.41) is 14.6. The van der Waals surface area contributed by atoms with Crippen LogP contribution in [-0.4, -0.2) is 28.9 Å². The molecule has 5 nitrogen and oxygen atoms in total. The third-order valence-corrected chi connectivity index (χ3v) is 2.54. The summed E-state index contributed by atoms with van der Waals surface area (Å²) in [7, 11) is 0. The highest BCUT2D eigenvalue weighted by Crippen LogP contribution is 2.17. The Morgan fingerprint density at radius 2 is 2.29 bits per heavy atom. The van der Waals surface area contributed by atoms with E-state index in [1.807, 2.05) is 30.5 Å². The fourth-order valence-electron chi connectivity index (χ4n) is 1.76. The maximum absolute atomic E-state index is 11.0. The highest BCUT2D eigenvalue weighted by atomic mass is 16.4. The maximum atomic E-state index is 11.0. The summed E-state index contributed by atoms with van der Waals surface area (Å²) in [6.45, 7) is 0.507. The van der Waals surface area contributed by atoms with Crippen molar-refractivity contribution in [2.24, 2.45) is 5.16 Å². The molecule has 17 heavy (non-hydrogen) atoms. The Morgan fingerprint density at radius 3 is 3.12 bits per heavy atom. The van der Waals surface area contributed by atoms with Gasteiger partial charge < -0.3 is 15.5 Å². The fraction of sp³-hybridized carbons (Fsp3) is 0.167. The summed E-state index contributed by atoms with van der Waals surface area (Å²) in [5.41, 5.74) is 2.24. The van der Waals surface area contributed by atoms with Crippen molar-refractivity contribution in [3.05, 3.63) is 36.0 Å². The largest absolute Gasteiger partial charge is 0.411 e. The second kappa shape index (κ2) is 5.16. The molecule has 1 aromatic heterocycles. The zero-order chi connectivity index (χ0) is 12.1. The standard InChI is InChI=1S/C12H13N3O2/c16-12(8-15-17)13-6-5-9-7-14-11-4-2-1-3-10(9)11/h1-4,7-8,14,17H,5-6H2,(H,13,16). The van der Waals surface area contributed by atoms with Gasteiger partial charge in [0.1, 0.15) is 6.21 Å². The number of carbonyl (C=O) groups is 1. The van der Waals surface area contributed by atoms with E-state index in [1.165, 1.54) is 0 Å². The predicted octanol–water partition coefficient (Wildman–Crippen LogP) is 1.29. The molecule has 0 bridgehead atoms. The van der Waals surface area contributed by atoms with E-state index in [1.54, 1.807) is 0 Å². The van der Waals surface area contributed by atoms with Gasteiger partial charge in [-0.3, -0.25) is 4.79 Å². The van der Waals surface area contributed by atoms with E-state index < -0.39 is 5.91 Å². The van der Waals surface area contributed by atoms with E-state index >= 15 is 0 Å². The van der Waals surface area contributed by atoms with Gasteiger partial charge in [-0.15, -0.1) is 0 Å². The van der Waals surface area contributed by atoms with Crippen LogP contribution < -0.4 is 5.32 Å². The molecule has 0 aliphatic rings. The van der Waals surface area contributed by atoms with Crippen molar-refractivity contribution in [2.75, 3.05) is 6.54 Å². The van der Waals surface area contributed by atoms with E-state index in [0.717, 1.165) is 29.1 Å². The van der Waals surface area contributed by atoms with Crippen LogP contribution in [0.5, 0.6) is 0 Å². The molecule has 3 N–H and O–H groups in total. The number of aromatic amines is 1. The van der Waals surface area contributed by atoms with Crippen molar-refractivity contribution in [3.63, 3.8) is 0 Å². The van der Waals surface area contributed by atoms with Crippen molar-refractivity contribution < 1.29 is 10.0 Å². The van der Waals surface area contributed by atoms with Gasteiger partial charge in [0.15, 0.2) is 0 Å². The summed E-state index contributed by atoms with van der Waals surface area (Å²) in [4.78, 5) is 14.2. The van der Waals surface area contributed by atoms with Crippen molar-refractivity contribution in [1.29, 1.82) is 0 Å². The monoisotopic (exact) mass is 231 g/mol. The molecule has 2 rings (SSSR count). The maximum Gasteiger partial charge on any atom is 0.265 e. The van der Waals surface area contributed by atoms with Gasteiger partial charge in [-0.2, -0.15) is 0 Å². The number of nitrogens with zero attached hydrogens (tertiary/aromatic N) is 1. The molecule has 0 spiro atoms. The molecule has 1 aromatic carbocycles. The van der Waals surface area contributed by atoms with Crippen LogP contribution in [0, 0.1) is 0 Å². The first-order chi connectivity index (χ1) is 8.31. The third kappa shape index (κ3) is 2.63. The molecule has 0 atom stereocenters. The number of amides is 1. The lowest BCUT2D eigenvalue weighted by Gasteiger charge is -2.00. The number of nitrogens with one attached hydrogen (secondary N) is 2. The van der Waals surface area contributed by atoms with Gasteiger partial charge in [0, 0.05) is 23.6 Å². The van der Waals surface area contributed by atoms with E-state index in [4.69, 9.17) is 5.21 Å². The van der Waals surface area contributed by atoms with Gasteiger partial charge in [-0.25, -0.2) is 0 Å². The SMILES string of the molecule is O=C(C=NO)NCCc1c[nH]c2ccccc12. The van der Waals surface area contributed by atoms with Gasteiger partial charge >= 0.3 is 0 Å². The van der Waals surface area contributed by atoms with Gasteiger partial charge in [0.2, 0.25) is 0 Å². The molecule has 1 heterocycles. The van der Waals surface area contributed by atoms with Gasteiger partial charge in [-0.1, -0.05) is 23.4 Å². The first-order valence-corrected chi connectivity index (χ1v) is 5.31. The highest BCUT2D eigenvalue weighted by Gasteiger charge is 2.03. The first kappa shape index (κ1) is 11.2. The van der Waals surface area contributed by atoms with Crippen LogP contribution in [0.1, 0.15) is 5.56 Å². The number of rotatable bonds is 4. The molecule has 0 unspecified atom stereocenters. The van der Waals surface area contributed by atoms with Crippen LogP contribution in [0.15, 0.2) is 35.6 Å². The molecule has 1 amide bonds. The number of H-pyrrole nitrogens is 1. The Morgan fingerprint density at radius 1 is 1.47 bits per heavy atom. The number of benzene rings is 1. The zero-order valence-electron chi connectivity index (χ0n) is 9.18. The van der Waals surface area contributed by atoms with Crippen LogP contribution in [0.4, 0.5) is 0 Å². The molecular formula is C12H13N3O2. The lowest BCUT2D eigenvalue weighted by Crippen LogP contribution is -2.26. The second-order valence-corrected chi connectivity index (χ2v) is 3.65. The van der Waals surface area contributed by atoms with E-state index in [9.17, 15) is 4.79 Å². The average Bonchev–Trinajstić information content (AvgIpc) is 2.73. The van der Waals surface area contributed by atoms with Gasteiger partial charge in [0.05, 0.1) is 0 Å². The lowest BCUT2D eigenvalue weighted by molar-refractivity contribution is -0.114. The van der Waals surface area contributed by atoms with Crippen molar-refractivity contribution in [3.8, 4) is 0 Å². The Hall–Kier alpha value is -2.30. The molecule has 0 saturated heterocycles. The zero-order valence-corrected chi connectivity index (χ0v) is 9.18. The summed E-state index contributed by atoms with van der Waals surface area (Å²) in [6.07, 6.45) is 3.52. The minimum atomic E-state index is -0.396. The Balaban J connectivity index is 1.97. The second-order valence-electron chi connectivity index (χ2n) is 3.65. The molecule has 0 fully saturated rings. The molecule has 88 valence electrons. The molecule has 0 saturated carbocycles. The quantitative estimate of drug-likeness (QED) is 0.421. The summed E-state index contributed by atoms with van der Waals surface area (Å²) < 4.78 is 0. The molecule has 0 radical (unpaired) electrons. The number of para-hydroxylation sites is 1. The minimum Gasteiger partial charge on any atom is -0.411 e. The van der Waals surface area contributed by atoms with Crippen LogP contribution in [0.2, 0.25) is 0 Å². The molecule has 5 heteroatoms. The summed E-state index contributed by atoms with van der Waals surface area (Å²) in [6, 6.07) is 8.01. The molecule has 2 aromatic rings. The van der Waals surface area contributed by atoms with Crippen LogP contribution in [-0.2, 0) is 11.2 Å². The summed E-state index contributed by atoms with van der Waals surface area (Å²) >= 11 is 0. The molecule has 0 aliphatic heterocycles. The Bertz CT molecular complexity index is 545. The number of oxime groups is 1. The Labute approximate surface area is 98.1 Å². The lowest BCUT2D eigenvalue weighted by atomic mass is 10.1. The number of aromatic nitrogens is 1. The number of hydrogen-bond donors (Lipinski definition) is 3. The fourth-order valence-corrected chi connectivity index (χ4v) is 1.76. The van der Waals surface area contributed by atoms with Gasteiger partial charge in [0.25, 0.3) is 5.91 Å². The van der Waals surface area contributed by atoms with Crippen LogP contribution in [0.3, 0.4) is 0 Å². The predicted molar refractivity (Wildman–Crippen MR) is 65.3 cm³/mol. The topological polar surface area (TPSA) is 77.5 Å². The normalized spacial score (nSPS) is 11.1. The van der Waals surface area contributed by atoms with Crippen LogP contribution >= 0.6 is 0 Å². The van der Waals surface area contributed by atoms with Crippen molar-refractivity contribution >= 4 is 23.0 Å². The van der Waals surface area contributed by atoms with Crippen LogP contribution in [0.25, 0.3) is 10.9 Å². The molecule has 0 aliphatic carbocycles. The Kier molecular flexibility index (Phi) is 3.40. The van der Waals surface area contributed by atoms with Gasteiger partial charge in [-0.05, 0) is 18.1 Å². The van der Waals surface area contributed by atoms with Crippen molar-refractivity contribution in [2.45, 2.75) is 6.42 Å². The average molecular weight is 231 g/mol. The summed E-state index contributed by atoms with van der Waals surface area (Å²) in [5.74, 6) is -0.396. The van der Waals surface area contributed by atoms with E-state index in [-0.39, 0.29) is 0 Å². The smallest absolute Gasteiger partial charge is 0.265 e. The number of fused-ring (bicyclic) bond motifs is 1. The van der Waals surface area contributed by atoms with E-state index in [2.05, 4.69) is 15.5 Å². The number of carbonyl (C=O) groups excluding carboxylic acids is 1. The van der Waals surface area contributed by atoms with E-state index in [0.29, 0.717) is 6.54 Å². The minimum absolute atomic E-state index is 0.396. The van der Waals surface area contributed by atoms with Crippen molar-refractivity contribution in [1.82, 2.24) is 10.3 Å². The highest BCUT2D eigenvalue weighted by molar-refractivity contribution is 6.25.